The maximum absolute atomic E-state index is 12.8. The Labute approximate surface area is 192 Å². The zero-order valence-electron chi connectivity index (χ0n) is 18.3. The van der Waals surface area contributed by atoms with Crippen molar-refractivity contribution in [3.63, 3.8) is 0 Å². The molecule has 0 unspecified atom stereocenters. The molecule has 1 heterocycles. The Morgan fingerprint density at radius 2 is 1.64 bits per heavy atom. The molecule has 2 aromatic carbocycles. The van der Waals surface area contributed by atoms with E-state index in [2.05, 4.69) is 10.6 Å². The SMILES string of the molecule is NC(=O)CCNC(=O)c1ccccc1NC(=O)C1CCN(C(=O)/C=C/c2ccccc2)CC1. The van der Waals surface area contributed by atoms with Crippen LogP contribution >= 0.6 is 0 Å². The van der Waals surface area contributed by atoms with Crippen molar-refractivity contribution in [1.29, 1.82) is 0 Å². The van der Waals surface area contributed by atoms with Crippen LogP contribution in [0.15, 0.2) is 60.7 Å². The highest BCUT2D eigenvalue weighted by molar-refractivity contribution is 6.04. The second kappa shape index (κ2) is 11.6. The molecule has 3 rings (SSSR count). The number of nitrogens with zero attached hydrogens (tertiary/aromatic N) is 1. The van der Waals surface area contributed by atoms with Crippen LogP contribution in [0.4, 0.5) is 5.69 Å². The summed E-state index contributed by atoms with van der Waals surface area (Å²) < 4.78 is 0. The van der Waals surface area contributed by atoms with E-state index in [-0.39, 0.29) is 30.7 Å². The number of primary amides is 1. The molecule has 33 heavy (non-hydrogen) atoms. The number of benzene rings is 2. The van der Waals surface area contributed by atoms with E-state index in [4.69, 9.17) is 5.73 Å². The van der Waals surface area contributed by atoms with E-state index in [0.29, 0.717) is 37.2 Å². The summed E-state index contributed by atoms with van der Waals surface area (Å²) in [5.74, 6) is -1.40. The van der Waals surface area contributed by atoms with Gasteiger partial charge in [0.15, 0.2) is 0 Å². The summed E-state index contributed by atoms with van der Waals surface area (Å²) >= 11 is 0. The van der Waals surface area contributed by atoms with Gasteiger partial charge in [-0.25, -0.2) is 0 Å². The number of carbonyl (C=O) groups is 4. The van der Waals surface area contributed by atoms with E-state index in [1.165, 1.54) is 0 Å². The number of rotatable bonds is 8. The Morgan fingerprint density at radius 3 is 2.33 bits per heavy atom. The molecule has 2 aromatic rings. The van der Waals surface area contributed by atoms with Crippen LogP contribution in [-0.2, 0) is 14.4 Å². The van der Waals surface area contributed by atoms with E-state index >= 15 is 0 Å². The molecule has 0 bridgehead atoms. The molecule has 0 aromatic heterocycles. The summed E-state index contributed by atoms with van der Waals surface area (Å²) in [6.45, 7) is 1.11. The van der Waals surface area contributed by atoms with Gasteiger partial charge in [0.25, 0.3) is 5.91 Å². The van der Waals surface area contributed by atoms with Crippen molar-refractivity contribution in [2.45, 2.75) is 19.3 Å². The first-order valence-corrected chi connectivity index (χ1v) is 10.9. The van der Waals surface area contributed by atoms with Gasteiger partial charge in [-0.3, -0.25) is 19.2 Å². The van der Waals surface area contributed by atoms with Crippen LogP contribution < -0.4 is 16.4 Å². The number of likely N-dealkylation sites (tertiary alicyclic amines) is 1. The minimum atomic E-state index is -0.503. The number of piperidine rings is 1. The topological polar surface area (TPSA) is 122 Å². The van der Waals surface area contributed by atoms with E-state index in [1.807, 2.05) is 30.3 Å². The quantitative estimate of drug-likeness (QED) is 0.536. The fraction of sp³-hybridized carbons (Fsp3) is 0.280. The number of hydrogen-bond donors (Lipinski definition) is 3. The maximum atomic E-state index is 12.8. The number of carbonyl (C=O) groups excluding carboxylic acids is 4. The number of nitrogens with one attached hydrogen (secondary N) is 2. The largest absolute Gasteiger partial charge is 0.370 e. The van der Waals surface area contributed by atoms with Gasteiger partial charge in [-0.1, -0.05) is 42.5 Å². The third-order valence-corrected chi connectivity index (χ3v) is 5.48. The van der Waals surface area contributed by atoms with E-state index in [9.17, 15) is 19.2 Å². The first kappa shape index (κ1) is 23.7. The Morgan fingerprint density at radius 1 is 0.970 bits per heavy atom. The van der Waals surface area contributed by atoms with Gasteiger partial charge in [0.2, 0.25) is 17.7 Å². The third kappa shape index (κ3) is 7.03. The van der Waals surface area contributed by atoms with Crippen molar-refractivity contribution >= 4 is 35.4 Å². The van der Waals surface area contributed by atoms with Crippen molar-refractivity contribution in [1.82, 2.24) is 10.2 Å². The normalized spacial score (nSPS) is 14.1. The predicted molar refractivity (Wildman–Crippen MR) is 126 cm³/mol. The lowest BCUT2D eigenvalue weighted by molar-refractivity contribution is -0.130. The minimum Gasteiger partial charge on any atom is -0.370 e. The van der Waals surface area contributed by atoms with Gasteiger partial charge in [-0.15, -0.1) is 0 Å². The van der Waals surface area contributed by atoms with Crippen LogP contribution in [0.25, 0.3) is 6.08 Å². The minimum absolute atomic E-state index is 0.0398. The van der Waals surface area contributed by atoms with Crippen molar-refractivity contribution in [3.8, 4) is 0 Å². The average Bonchev–Trinajstić information content (AvgIpc) is 2.83. The molecule has 1 fully saturated rings. The smallest absolute Gasteiger partial charge is 0.253 e. The molecule has 8 nitrogen and oxygen atoms in total. The van der Waals surface area contributed by atoms with Gasteiger partial charge in [0.05, 0.1) is 11.3 Å². The maximum Gasteiger partial charge on any atom is 0.253 e. The molecule has 0 atom stereocenters. The molecule has 172 valence electrons. The highest BCUT2D eigenvalue weighted by Gasteiger charge is 2.27. The van der Waals surface area contributed by atoms with Crippen LogP contribution in [0.5, 0.6) is 0 Å². The summed E-state index contributed by atoms with van der Waals surface area (Å²) in [6.07, 6.45) is 4.47. The summed E-state index contributed by atoms with van der Waals surface area (Å²) in [7, 11) is 0. The zero-order chi connectivity index (χ0) is 23.6. The lowest BCUT2D eigenvalue weighted by Crippen LogP contribution is -2.41. The summed E-state index contributed by atoms with van der Waals surface area (Å²) in [4.78, 5) is 50.3. The number of nitrogens with two attached hydrogens (primary N) is 1. The molecule has 1 aliphatic rings. The van der Waals surface area contributed by atoms with Crippen molar-refractivity contribution in [3.05, 3.63) is 71.8 Å². The standard InChI is InChI=1S/C25H28N4O4/c26-22(30)12-15-27-25(33)20-8-4-5-9-21(20)28-24(32)19-13-16-29(17-14-19)23(31)11-10-18-6-2-1-3-7-18/h1-11,19H,12-17H2,(H2,26,30)(H,27,33)(H,28,32)/b11-10+. The number of amides is 4. The van der Waals surface area contributed by atoms with Gasteiger partial charge < -0.3 is 21.3 Å². The van der Waals surface area contributed by atoms with E-state index < -0.39 is 11.8 Å². The first-order chi connectivity index (χ1) is 15.9. The van der Waals surface area contributed by atoms with Gasteiger partial charge in [-0.2, -0.15) is 0 Å². The average molecular weight is 449 g/mol. The Bertz CT molecular complexity index is 1030. The van der Waals surface area contributed by atoms with Gasteiger partial charge >= 0.3 is 0 Å². The summed E-state index contributed by atoms with van der Waals surface area (Å²) in [5, 5.41) is 5.47. The monoisotopic (exact) mass is 448 g/mol. The van der Waals surface area contributed by atoms with Gasteiger partial charge in [0, 0.05) is 38.0 Å². The lowest BCUT2D eigenvalue weighted by atomic mass is 9.95. The van der Waals surface area contributed by atoms with Crippen molar-refractivity contribution in [2.24, 2.45) is 11.7 Å². The molecule has 0 radical (unpaired) electrons. The number of hydrogen-bond acceptors (Lipinski definition) is 4. The summed E-state index contributed by atoms with van der Waals surface area (Å²) in [5.41, 5.74) is 6.77. The van der Waals surface area contributed by atoms with E-state index in [0.717, 1.165) is 5.56 Å². The van der Waals surface area contributed by atoms with E-state index in [1.54, 1.807) is 41.3 Å². The highest BCUT2D eigenvalue weighted by Crippen LogP contribution is 2.22. The molecule has 0 spiro atoms. The van der Waals surface area contributed by atoms with Crippen LogP contribution in [0.3, 0.4) is 0 Å². The lowest BCUT2D eigenvalue weighted by Gasteiger charge is -2.30. The fourth-order valence-corrected chi connectivity index (χ4v) is 3.62. The van der Waals surface area contributed by atoms with Crippen LogP contribution in [0.2, 0.25) is 0 Å². The first-order valence-electron chi connectivity index (χ1n) is 10.9. The fourth-order valence-electron chi connectivity index (χ4n) is 3.62. The number of para-hydroxylation sites is 1. The molecular formula is C25H28N4O4. The van der Waals surface area contributed by atoms with Crippen molar-refractivity contribution in [2.75, 3.05) is 25.0 Å². The van der Waals surface area contributed by atoms with Crippen molar-refractivity contribution < 1.29 is 19.2 Å². The Balaban J connectivity index is 1.52. The van der Waals surface area contributed by atoms with Gasteiger partial charge in [-0.05, 0) is 36.6 Å². The molecule has 1 saturated heterocycles. The van der Waals surface area contributed by atoms with Crippen LogP contribution in [-0.4, -0.2) is 48.2 Å². The van der Waals surface area contributed by atoms with Crippen LogP contribution in [0, 0.1) is 5.92 Å². The molecule has 4 amide bonds. The van der Waals surface area contributed by atoms with Gasteiger partial charge in [0.1, 0.15) is 0 Å². The molecule has 0 saturated carbocycles. The second-order valence-corrected chi connectivity index (χ2v) is 7.85. The Kier molecular flexibility index (Phi) is 8.35. The molecule has 1 aliphatic heterocycles. The predicted octanol–water partition coefficient (Wildman–Crippen LogP) is 2.18. The molecule has 0 aliphatic carbocycles. The van der Waals surface area contributed by atoms with Crippen LogP contribution in [0.1, 0.15) is 35.2 Å². The zero-order valence-corrected chi connectivity index (χ0v) is 18.3. The Hall–Kier alpha value is -3.94. The highest BCUT2D eigenvalue weighted by atomic mass is 16.2. The molecule has 8 heteroatoms. The number of anilines is 1. The second-order valence-electron chi connectivity index (χ2n) is 7.85. The molecule has 4 N–H and O–H groups in total. The summed E-state index contributed by atoms with van der Waals surface area (Å²) in [6, 6.07) is 16.3. The third-order valence-electron chi connectivity index (χ3n) is 5.48. The molecular weight excluding hydrogens is 420 g/mol.